The first-order chi connectivity index (χ1) is 11.4. The van der Waals surface area contributed by atoms with E-state index in [2.05, 4.69) is 42.4 Å². The average molecular weight is 473 g/mol. The van der Waals surface area contributed by atoms with Crippen LogP contribution in [0.15, 0.2) is 50.4 Å². The monoisotopic (exact) mass is 471 g/mol. The number of methoxy groups -OCH3 is 2. The maximum atomic E-state index is 5.51. The molecule has 24 heavy (non-hydrogen) atoms. The summed E-state index contributed by atoms with van der Waals surface area (Å²) in [5.74, 6) is 1.31. The van der Waals surface area contributed by atoms with Crippen molar-refractivity contribution in [2.45, 2.75) is 0 Å². The maximum absolute atomic E-state index is 5.51. The molecule has 0 aliphatic carbocycles. The minimum atomic E-state index is 0.0800. The molecular weight excluding hydrogens is 458 g/mol. The van der Waals surface area contributed by atoms with E-state index in [1.54, 1.807) is 20.3 Å². The molecule has 0 heterocycles. The van der Waals surface area contributed by atoms with Crippen molar-refractivity contribution < 1.29 is 9.47 Å². The van der Waals surface area contributed by atoms with Crippen LogP contribution in [0.2, 0.25) is 0 Å². The van der Waals surface area contributed by atoms with Crippen molar-refractivity contribution >= 4 is 54.9 Å². The second kappa shape index (κ2) is 8.46. The molecule has 0 atom stereocenters. The van der Waals surface area contributed by atoms with E-state index < -0.39 is 0 Å². The Morgan fingerprint density at radius 3 is 1.92 bits per heavy atom. The van der Waals surface area contributed by atoms with Gasteiger partial charge in [-0.2, -0.15) is 5.10 Å². The zero-order chi connectivity index (χ0) is 17.7. The molecule has 0 aliphatic rings. The average Bonchev–Trinajstić information content (AvgIpc) is 2.53. The molecule has 0 aromatic heterocycles. The van der Waals surface area contributed by atoms with Crippen LogP contribution in [0.5, 0.6) is 11.5 Å². The number of nitrogens with one attached hydrogen (secondary N) is 1. The van der Waals surface area contributed by atoms with Crippen LogP contribution in [0, 0.1) is 0 Å². The van der Waals surface area contributed by atoms with Gasteiger partial charge in [-0.3, -0.25) is 5.43 Å². The molecule has 126 valence electrons. The molecule has 0 radical (unpaired) electrons. The number of hydrogen-bond donors (Lipinski definition) is 2. The molecule has 0 saturated heterocycles. The van der Waals surface area contributed by atoms with Gasteiger partial charge in [0.05, 0.1) is 19.9 Å². The molecule has 0 aliphatic heterocycles. The van der Waals surface area contributed by atoms with Crippen molar-refractivity contribution in [2.24, 2.45) is 10.8 Å². The van der Waals surface area contributed by atoms with Crippen molar-refractivity contribution in [1.29, 1.82) is 0 Å². The summed E-state index contributed by atoms with van der Waals surface area (Å²) in [7, 11) is 3.19. The lowest BCUT2D eigenvalue weighted by Gasteiger charge is -2.12. The van der Waals surface area contributed by atoms with Gasteiger partial charge < -0.3 is 15.2 Å². The minimum absolute atomic E-state index is 0.0800. The van der Waals surface area contributed by atoms with E-state index in [0.29, 0.717) is 17.2 Å². The smallest absolute Gasteiger partial charge is 0.184 e. The lowest BCUT2D eigenvalue weighted by molar-refractivity contribution is 0.394. The summed E-state index contributed by atoms with van der Waals surface area (Å²) in [6.07, 6.45) is 0. The summed E-state index contributed by atoms with van der Waals surface area (Å²) in [5, 5.41) is 4.42. The molecule has 2 rings (SSSR count). The van der Waals surface area contributed by atoms with E-state index >= 15 is 0 Å². The van der Waals surface area contributed by atoms with Gasteiger partial charge in [-0.25, -0.2) is 0 Å². The van der Waals surface area contributed by atoms with Gasteiger partial charge in [-0.1, -0.05) is 31.9 Å². The van der Waals surface area contributed by atoms with Crippen LogP contribution in [0.25, 0.3) is 0 Å². The maximum Gasteiger partial charge on any atom is 0.184 e. The summed E-state index contributed by atoms with van der Waals surface area (Å²) >= 11 is 11.8. The fourth-order valence-electron chi connectivity index (χ4n) is 2.04. The van der Waals surface area contributed by atoms with E-state index in [4.69, 9.17) is 27.4 Å². The Labute approximate surface area is 162 Å². The van der Waals surface area contributed by atoms with E-state index in [-0.39, 0.29) is 5.11 Å². The molecular formula is C16H15Br2N3O2S. The molecule has 3 N–H and O–H groups in total. The number of rotatable bonds is 5. The zero-order valence-electron chi connectivity index (χ0n) is 13.0. The molecule has 0 bridgehead atoms. The molecule has 0 amide bonds. The highest BCUT2D eigenvalue weighted by molar-refractivity contribution is 9.11. The fourth-order valence-corrected chi connectivity index (χ4v) is 3.38. The SMILES string of the molecule is COc1cc(OC)cc(C(=NNC(N)=S)c2cc(Br)cc(Br)c2)c1. The predicted octanol–water partition coefficient (Wildman–Crippen LogP) is 3.81. The molecule has 0 fully saturated rings. The number of halogens is 2. The van der Waals surface area contributed by atoms with E-state index in [1.165, 1.54) is 0 Å². The summed E-state index contributed by atoms with van der Waals surface area (Å²) < 4.78 is 12.5. The van der Waals surface area contributed by atoms with Gasteiger partial charge in [0, 0.05) is 26.1 Å². The number of benzene rings is 2. The highest BCUT2D eigenvalue weighted by Gasteiger charge is 2.13. The first kappa shape index (κ1) is 18.7. The lowest BCUT2D eigenvalue weighted by atomic mass is 10.0. The molecule has 2 aromatic carbocycles. The van der Waals surface area contributed by atoms with Crippen LogP contribution in [0.4, 0.5) is 0 Å². The Balaban J connectivity index is 2.62. The summed E-state index contributed by atoms with van der Waals surface area (Å²) in [6.45, 7) is 0. The van der Waals surface area contributed by atoms with E-state index in [9.17, 15) is 0 Å². The van der Waals surface area contributed by atoms with Crippen molar-refractivity contribution in [3.63, 3.8) is 0 Å². The lowest BCUT2D eigenvalue weighted by Crippen LogP contribution is -2.26. The summed E-state index contributed by atoms with van der Waals surface area (Å²) in [4.78, 5) is 0. The fraction of sp³-hybridized carbons (Fsp3) is 0.125. The largest absolute Gasteiger partial charge is 0.497 e. The number of hydrogen-bond acceptors (Lipinski definition) is 4. The Morgan fingerprint density at radius 1 is 0.958 bits per heavy atom. The van der Waals surface area contributed by atoms with E-state index in [1.807, 2.05) is 30.3 Å². The molecule has 0 spiro atoms. The molecule has 0 unspecified atom stereocenters. The Morgan fingerprint density at radius 2 is 1.46 bits per heavy atom. The Kier molecular flexibility index (Phi) is 6.59. The molecule has 0 saturated carbocycles. The Hall–Kier alpha value is -1.64. The highest BCUT2D eigenvalue weighted by Crippen LogP contribution is 2.27. The number of hydrazone groups is 1. The van der Waals surface area contributed by atoms with Gasteiger partial charge >= 0.3 is 0 Å². The number of thiocarbonyl (C=S) groups is 1. The minimum Gasteiger partial charge on any atom is -0.497 e. The topological polar surface area (TPSA) is 68.9 Å². The Bertz CT molecular complexity index is 754. The zero-order valence-corrected chi connectivity index (χ0v) is 17.0. The van der Waals surface area contributed by atoms with Gasteiger partial charge in [0.15, 0.2) is 5.11 Å². The van der Waals surface area contributed by atoms with Crippen molar-refractivity contribution in [1.82, 2.24) is 5.43 Å². The second-order valence-electron chi connectivity index (χ2n) is 4.70. The van der Waals surface area contributed by atoms with Gasteiger partial charge in [0.1, 0.15) is 11.5 Å². The number of nitrogens with zero attached hydrogens (tertiary/aromatic N) is 1. The number of ether oxygens (including phenoxy) is 2. The second-order valence-corrected chi connectivity index (χ2v) is 6.97. The van der Waals surface area contributed by atoms with Crippen LogP contribution in [-0.4, -0.2) is 25.0 Å². The van der Waals surface area contributed by atoms with Crippen LogP contribution >= 0.6 is 44.1 Å². The quantitative estimate of drug-likeness (QED) is 0.393. The normalized spacial score (nSPS) is 11.1. The van der Waals surface area contributed by atoms with Crippen LogP contribution < -0.4 is 20.6 Å². The first-order valence-electron chi connectivity index (χ1n) is 6.76. The van der Waals surface area contributed by atoms with Crippen LogP contribution in [0.1, 0.15) is 11.1 Å². The van der Waals surface area contributed by atoms with Gasteiger partial charge in [-0.05, 0) is 42.5 Å². The number of nitrogens with two attached hydrogens (primary N) is 1. The highest BCUT2D eigenvalue weighted by atomic mass is 79.9. The predicted molar refractivity (Wildman–Crippen MR) is 107 cm³/mol. The standard InChI is InChI=1S/C16H15Br2N3O2S/c1-22-13-5-10(6-14(8-13)23-2)15(20-21-16(19)24)9-3-11(17)7-12(18)4-9/h3-8H,1-2H3,(H3,19,21,24). The van der Waals surface area contributed by atoms with Crippen molar-refractivity contribution in [3.05, 3.63) is 56.5 Å². The summed E-state index contributed by atoms with van der Waals surface area (Å²) in [6, 6.07) is 11.3. The van der Waals surface area contributed by atoms with Gasteiger partial charge in [0.2, 0.25) is 0 Å². The van der Waals surface area contributed by atoms with Gasteiger partial charge in [0.25, 0.3) is 0 Å². The summed E-state index contributed by atoms with van der Waals surface area (Å²) in [5.41, 5.74) is 10.4. The first-order valence-corrected chi connectivity index (χ1v) is 8.75. The third-order valence-electron chi connectivity index (χ3n) is 3.04. The third kappa shape index (κ3) is 4.93. The van der Waals surface area contributed by atoms with Gasteiger partial charge in [-0.15, -0.1) is 0 Å². The van der Waals surface area contributed by atoms with Crippen LogP contribution in [-0.2, 0) is 0 Å². The van der Waals surface area contributed by atoms with Crippen molar-refractivity contribution in [3.8, 4) is 11.5 Å². The van der Waals surface area contributed by atoms with E-state index in [0.717, 1.165) is 20.1 Å². The molecule has 2 aromatic rings. The van der Waals surface area contributed by atoms with Crippen LogP contribution in [0.3, 0.4) is 0 Å². The third-order valence-corrected chi connectivity index (χ3v) is 4.05. The molecule has 8 heteroatoms. The van der Waals surface area contributed by atoms with Crippen molar-refractivity contribution in [2.75, 3.05) is 14.2 Å². The molecule has 5 nitrogen and oxygen atoms in total.